The van der Waals surface area contributed by atoms with Gasteiger partial charge >= 0.3 is 0 Å². The molecule has 1 aliphatic carbocycles. The second kappa shape index (κ2) is 8.37. The number of thioether (sulfide) groups is 1. The molecule has 5 nitrogen and oxygen atoms in total. The first-order valence-corrected chi connectivity index (χ1v) is 10.5. The van der Waals surface area contributed by atoms with Gasteiger partial charge < -0.3 is 4.74 Å². The van der Waals surface area contributed by atoms with Gasteiger partial charge in [-0.25, -0.2) is 0 Å². The molecular weight excluding hydrogens is 394 g/mol. The minimum absolute atomic E-state index is 0.0750. The van der Waals surface area contributed by atoms with Crippen molar-refractivity contribution in [3.8, 4) is 22.8 Å². The van der Waals surface area contributed by atoms with Gasteiger partial charge in [0.05, 0.1) is 23.1 Å². The van der Waals surface area contributed by atoms with Crippen LogP contribution < -0.4 is 4.74 Å². The van der Waals surface area contributed by atoms with Gasteiger partial charge in [0.2, 0.25) is 0 Å². The highest BCUT2D eigenvalue weighted by Gasteiger charge is 2.27. The summed E-state index contributed by atoms with van der Waals surface area (Å²) in [6.45, 7) is 0. The van der Waals surface area contributed by atoms with Crippen molar-refractivity contribution >= 4 is 29.1 Å². The van der Waals surface area contributed by atoms with Gasteiger partial charge in [0, 0.05) is 12.0 Å². The van der Waals surface area contributed by atoms with E-state index in [1.54, 1.807) is 7.11 Å². The number of ether oxygens (including phenoxy) is 1. The van der Waals surface area contributed by atoms with Crippen LogP contribution in [0.1, 0.15) is 25.7 Å². The van der Waals surface area contributed by atoms with E-state index in [-0.39, 0.29) is 5.25 Å². The van der Waals surface area contributed by atoms with Crippen molar-refractivity contribution in [1.82, 2.24) is 14.8 Å². The maximum absolute atomic E-state index is 12.3. The Kier molecular flexibility index (Phi) is 5.69. The molecule has 4 rings (SSSR count). The summed E-state index contributed by atoms with van der Waals surface area (Å²) in [6.07, 6.45) is 3.56. The molecule has 28 heavy (non-hydrogen) atoms. The molecule has 1 unspecified atom stereocenters. The van der Waals surface area contributed by atoms with E-state index in [0.29, 0.717) is 34.0 Å². The van der Waals surface area contributed by atoms with E-state index in [1.807, 2.05) is 53.1 Å². The lowest BCUT2D eigenvalue weighted by Gasteiger charge is -2.20. The maximum Gasteiger partial charge on any atom is 0.196 e. The molecule has 1 saturated carbocycles. The van der Waals surface area contributed by atoms with Gasteiger partial charge in [0.25, 0.3) is 0 Å². The van der Waals surface area contributed by atoms with Gasteiger partial charge in [-0.1, -0.05) is 60.1 Å². The summed E-state index contributed by atoms with van der Waals surface area (Å²) in [5.41, 5.74) is 1.78. The molecule has 2 aromatic carbocycles. The van der Waals surface area contributed by atoms with E-state index in [2.05, 4.69) is 10.2 Å². The van der Waals surface area contributed by atoms with Crippen LogP contribution in [-0.2, 0) is 4.79 Å². The van der Waals surface area contributed by atoms with E-state index < -0.39 is 0 Å². The van der Waals surface area contributed by atoms with Crippen molar-refractivity contribution in [2.24, 2.45) is 0 Å². The molecule has 0 bridgehead atoms. The highest BCUT2D eigenvalue weighted by atomic mass is 35.5. The molecule has 0 radical (unpaired) electrons. The van der Waals surface area contributed by atoms with Crippen molar-refractivity contribution in [3.05, 3.63) is 53.6 Å². The number of carbonyl (C=O) groups is 1. The van der Waals surface area contributed by atoms with E-state index >= 15 is 0 Å². The largest absolute Gasteiger partial charge is 0.495 e. The molecule has 1 aliphatic rings. The third kappa shape index (κ3) is 3.80. The number of aromatic nitrogens is 3. The standard InChI is InChI=1S/C21H20ClN3O2S/c1-27-18-12-11-15(13-16(18)22)25-20(14-7-3-2-4-8-14)23-24-21(25)28-19-10-6-5-9-17(19)26/h2-4,7-8,11-13,19H,5-6,9-10H2,1H3. The summed E-state index contributed by atoms with van der Waals surface area (Å²) in [6, 6.07) is 15.5. The van der Waals surface area contributed by atoms with Crippen LogP contribution in [0.15, 0.2) is 53.7 Å². The van der Waals surface area contributed by atoms with Gasteiger partial charge in [-0.2, -0.15) is 0 Å². The number of hydrogen-bond donors (Lipinski definition) is 0. The maximum atomic E-state index is 12.3. The normalized spacial score (nSPS) is 16.9. The van der Waals surface area contributed by atoms with Crippen molar-refractivity contribution in [2.75, 3.05) is 7.11 Å². The van der Waals surface area contributed by atoms with E-state index in [0.717, 1.165) is 30.5 Å². The Bertz CT molecular complexity index is 991. The van der Waals surface area contributed by atoms with E-state index in [4.69, 9.17) is 16.3 Å². The number of methoxy groups -OCH3 is 1. The topological polar surface area (TPSA) is 57.0 Å². The number of halogens is 1. The van der Waals surface area contributed by atoms with Crippen LogP contribution in [0.2, 0.25) is 5.02 Å². The summed E-state index contributed by atoms with van der Waals surface area (Å²) in [4.78, 5) is 12.3. The molecule has 0 amide bonds. The zero-order valence-corrected chi connectivity index (χ0v) is 17.0. The molecule has 0 N–H and O–H groups in total. The van der Waals surface area contributed by atoms with Gasteiger partial charge in [-0.15, -0.1) is 10.2 Å². The molecule has 7 heteroatoms. The first-order valence-electron chi connectivity index (χ1n) is 9.21. The Hall–Kier alpha value is -2.31. The average molecular weight is 414 g/mol. The van der Waals surface area contributed by atoms with Crippen LogP contribution >= 0.6 is 23.4 Å². The summed E-state index contributed by atoms with van der Waals surface area (Å²) in [5, 5.41) is 9.98. The zero-order valence-electron chi connectivity index (χ0n) is 15.5. The zero-order chi connectivity index (χ0) is 19.5. The van der Waals surface area contributed by atoms with Crippen molar-refractivity contribution < 1.29 is 9.53 Å². The van der Waals surface area contributed by atoms with Gasteiger partial charge in [0.1, 0.15) is 11.5 Å². The van der Waals surface area contributed by atoms with E-state index in [9.17, 15) is 4.79 Å². The van der Waals surface area contributed by atoms with Crippen molar-refractivity contribution in [3.63, 3.8) is 0 Å². The lowest BCUT2D eigenvalue weighted by Crippen LogP contribution is -2.21. The Balaban J connectivity index is 1.79. The molecule has 1 aromatic heterocycles. The first kappa shape index (κ1) is 19.0. The second-order valence-electron chi connectivity index (χ2n) is 6.65. The highest BCUT2D eigenvalue weighted by molar-refractivity contribution is 8.00. The highest BCUT2D eigenvalue weighted by Crippen LogP contribution is 2.36. The fraction of sp³-hybridized carbons (Fsp3) is 0.286. The van der Waals surface area contributed by atoms with Crippen LogP contribution in [0.3, 0.4) is 0 Å². The van der Waals surface area contributed by atoms with Gasteiger partial charge in [-0.3, -0.25) is 9.36 Å². The number of nitrogens with zero attached hydrogens (tertiary/aromatic N) is 3. The number of rotatable bonds is 5. The molecule has 144 valence electrons. The van der Waals surface area contributed by atoms with E-state index in [1.165, 1.54) is 11.8 Å². The quantitative estimate of drug-likeness (QED) is 0.575. The van der Waals surface area contributed by atoms with Crippen LogP contribution in [0.5, 0.6) is 5.75 Å². The summed E-state index contributed by atoms with van der Waals surface area (Å²) in [5.74, 6) is 1.61. The van der Waals surface area contributed by atoms with Crippen LogP contribution in [0, 0.1) is 0 Å². The first-order chi connectivity index (χ1) is 13.7. The number of carbonyl (C=O) groups excluding carboxylic acids is 1. The molecule has 0 saturated heterocycles. The lowest BCUT2D eigenvalue weighted by molar-refractivity contribution is -0.119. The van der Waals surface area contributed by atoms with Crippen LogP contribution in [0.4, 0.5) is 0 Å². The third-order valence-electron chi connectivity index (χ3n) is 4.81. The summed E-state index contributed by atoms with van der Waals surface area (Å²) >= 11 is 7.86. The lowest BCUT2D eigenvalue weighted by atomic mass is 9.99. The van der Waals surface area contributed by atoms with Crippen molar-refractivity contribution in [2.45, 2.75) is 36.1 Å². The van der Waals surface area contributed by atoms with Gasteiger partial charge in [-0.05, 0) is 31.0 Å². The molecule has 0 aliphatic heterocycles. The minimum Gasteiger partial charge on any atom is -0.495 e. The molecule has 0 spiro atoms. The smallest absolute Gasteiger partial charge is 0.196 e. The Morgan fingerprint density at radius 3 is 2.68 bits per heavy atom. The van der Waals surface area contributed by atoms with Gasteiger partial charge in [0.15, 0.2) is 11.0 Å². The second-order valence-corrected chi connectivity index (χ2v) is 8.22. The fourth-order valence-electron chi connectivity index (χ4n) is 3.35. The van der Waals surface area contributed by atoms with Crippen LogP contribution in [0.25, 0.3) is 17.1 Å². The third-order valence-corrected chi connectivity index (χ3v) is 6.36. The molecule has 1 fully saturated rings. The predicted octanol–water partition coefficient (Wildman–Crippen LogP) is 5.20. The Morgan fingerprint density at radius 1 is 1.14 bits per heavy atom. The monoisotopic (exact) mass is 413 g/mol. The Labute approximate surface area is 173 Å². The average Bonchev–Trinajstić information content (AvgIpc) is 3.14. The summed E-state index contributed by atoms with van der Waals surface area (Å²) in [7, 11) is 1.59. The van der Waals surface area contributed by atoms with Crippen molar-refractivity contribution in [1.29, 1.82) is 0 Å². The number of ketones is 1. The molecule has 3 aromatic rings. The number of Topliss-reactive ketones (excluding diaryl/α,β-unsaturated/α-hetero) is 1. The fourth-order valence-corrected chi connectivity index (χ4v) is 4.78. The number of hydrogen-bond acceptors (Lipinski definition) is 5. The van der Waals surface area contributed by atoms with Crippen LogP contribution in [-0.4, -0.2) is 32.9 Å². The Morgan fingerprint density at radius 2 is 1.96 bits per heavy atom. The molecule has 1 heterocycles. The molecule has 1 atom stereocenters. The SMILES string of the molecule is COc1ccc(-n2c(SC3CCCCC3=O)nnc2-c2ccccc2)cc1Cl. The number of benzene rings is 2. The minimum atomic E-state index is -0.0750. The predicted molar refractivity (Wildman–Crippen MR) is 111 cm³/mol. The molecular formula is C21H20ClN3O2S. The summed E-state index contributed by atoms with van der Waals surface area (Å²) < 4.78 is 7.24.